The number of aromatic carboxylic acids is 1. The maximum Gasteiger partial charge on any atom is 0.352 e. The number of fused-ring (bicyclic) bond motifs is 1. The third-order valence-corrected chi connectivity index (χ3v) is 8.71. The lowest BCUT2D eigenvalue weighted by molar-refractivity contribution is -0.141. The van der Waals surface area contributed by atoms with Crippen molar-refractivity contribution in [3.8, 4) is 0 Å². The van der Waals surface area contributed by atoms with Crippen LogP contribution in [0.5, 0.6) is 0 Å². The SMILES string of the molecule is O=C(O)c1[nH]c2cc(Cl)ccc2c1C1C(=O)NCCCCCCCCCCCCCC(=O)N1Cc1ccc(Cl)cc1Cl. The highest BCUT2D eigenvalue weighted by Gasteiger charge is 2.37. The molecule has 42 heavy (non-hydrogen) atoms. The molecule has 10 heteroatoms. The molecule has 0 saturated carbocycles. The van der Waals surface area contributed by atoms with Crippen LogP contribution in [0.2, 0.25) is 15.1 Å². The Morgan fingerprint density at radius 1 is 0.833 bits per heavy atom. The number of carboxylic acids is 1. The molecule has 2 heterocycles. The van der Waals surface area contributed by atoms with Crippen LogP contribution in [0.15, 0.2) is 36.4 Å². The number of nitrogens with one attached hydrogen (secondary N) is 2. The zero-order valence-corrected chi connectivity index (χ0v) is 26.0. The minimum absolute atomic E-state index is 0.00619. The summed E-state index contributed by atoms with van der Waals surface area (Å²) < 4.78 is 0. The number of halogens is 3. The predicted octanol–water partition coefficient (Wildman–Crippen LogP) is 8.71. The molecular weight excluding hydrogens is 597 g/mol. The first-order valence-corrected chi connectivity index (χ1v) is 15.9. The van der Waals surface area contributed by atoms with Crippen molar-refractivity contribution in [1.82, 2.24) is 15.2 Å². The zero-order chi connectivity index (χ0) is 30.1. The number of carbonyl (C=O) groups is 3. The quantitative estimate of drug-likeness (QED) is 0.267. The first-order chi connectivity index (χ1) is 20.3. The molecule has 1 aliphatic rings. The van der Waals surface area contributed by atoms with E-state index < -0.39 is 17.9 Å². The highest BCUT2D eigenvalue weighted by atomic mass is 35.5. The Bertz CT molecular complexity index is 1410. The average Bonchev–Trinajstić information content (AvgIpc) is 3.32. The average molecular weight is 635 g/mol. The Labute approximate surface area is 261 Å². The van der Waals surface area contributed by atoms with E-state index in [0.29, 0.717) is 44.5 Å². The summed E-state index contributed by atoms with van der Waals surface area (Å²) in [6.07, 6.45) is 11.7. The van der Waals surface area contributed by atoms with Crippen molar-refractivity contribution in [3.05, 3.63) is 68.3 Å². The Hall–Kier alpha value is -2.74. The van der Waals surface area contributed by atoms with Crippen LogP contribution in [0.1, 0.15) is 105 Å². The van der Waals surface area contributed by atoms with Gasteiger partial charge in [0.15, 0.2) is 0 Å². The van der Waals surface area contributed by atoms with Gasteiger partial charge in [-0.05, 0) is 42.7 Å². The van der Waals surface area contributed by atoms with E-state index in [1.165, 1.54) is 30.6 Å². The van der Waals surface area contributed by atoms with Gasteiger partial charge < -0.3 is 20.3 Å². The fraction of sp³-hybridized carbons (Fsp3) is 0.469. The fourth-order valence-corrected chi connectivity index (χ4v) is 6.31. The lowest BCUT2D eigenvalue weighted by Crippen LogP contribution is -2.44. The molecule has 4 rings (SSSR count). The van der Waals surface area contributed by atoms with E-state index in [9.17, 15) is 19.5 Å². The summed E-state index contributed by atoms with van der Waals surface area (Å²) in [5.74, 6) is -1.92. The van der Waals surface area contributed by atoms with Gasteiger partial charge in [0.25, 0.3) is 0 Å². The monoisotopic (exact) mass is 633 g/mol. The molecular formula is C32H38Cl3N3O4. The molecule has 7 nitrogen and oxygen atoms in total. The number of aromatic nitrogens is 1. The normalized spacial score (nSPS) is 18.8. The summed E-state index contributed by atoms with van der Waals surface area (Å²) in [6.45, 7) is 0.432. The summed E-state index contributed by atoms with van der Waals surface area (Å²) in [6, 6.07) is 8.74. The largest absolute Gasteiger partial charge is 0.477 e. The number of benzene rings is 2. The van der Waals surface area contributed by atoms with E-state index in [1.807, 2.05) is 0 Å². The standard InChI is InChI=1S/C32H38Cl3N3O4/c33-22-14-13-21(25(35)18-22)20-38-27(39)12-10-8-6-4-2-1-3-5-7-9-11-17-36-31(40)30(38)28-24-16-15-23(34)19-26(24)37-29(28)32(41)42/h13-16,18-19,30,37H,1-12,17,20H2,(H,36,40)(H,41,42). The summed E-state index contributed by atoms with van der Waals surface area (Å²) in [5, 5.41) is 15.0. The lowest BCUT2D eigenvalue weighted by Gasteiger charge is -2.32. The molecule has 0 aliphatic carbocycles. The van der Waals surface area contributed by atoms with Crippen LogP contribution < -0.4 is 5.32 Å². The number of hydrogen-bond donors (Lipinski definition) is 3. The molecule has 3 aromatic rings. The molecule has 0 radical (unpaired) electrons. The van der Waals surface area contributed by atoms with Gasteiger partial charge in [-0.3, -0.25) is 9.59 Å². The van der Waals surface area contributed by atoms with E-state index >= 15 is 0 Å². The summed E-state index contributed by atoms with van der Waals surface area (Å²) in [7, 11) is 0. The second-order valence-corrected chi connectivity index (χ2v) is 12.3. The number of carboxylic acid groups (broad SMARTS) is 1. The Morgan fingerprint density at radius 2 is 1.43 bits per heavy atom. The van der Waals surface area contributed by atoms with E-state index in [4.69, 9.17) is 34.8 Å². The highest BCUT2D eigenvalue weighted by Crippen LogP contribution is 2.36. The van der Waals surface area contributed by atoms with Gasteiger partial charge in [-0.25, -0.2) is 4.79 Å². The van der Waals surface area contributed by atoms with Gasteiger partial charge in [0, 0.05) is 51.0 Å². The molecule has 1 unspecified atom stereocenters. The van der Waals surface area contributed by atoms with Gasteiger partial charge in [-0.15, -0.1) is 0 Å². The number of H-pyrrole nitrogens is 1. The topological polar surface area (TPSA) is 102 Å². The molecule has 0 spiro atoms. The van der Waals surface area contributed by atoms with Crippen LogP contribution in [-0.4, -0.2) is 39.3 Å². The Morgan fingerprint density at radius 3 is 2.07 bits per heavy atom. The van der Waals surface area contributed by atoms with Crippen molar-refractivity contribution < 1.29 is 19.5 Å². The van der Waals surface area contributed by atoms with Crippen LogP contribution in [-0.2, 0) is 16.1 Å². The van der Waals surface area contributed by atoms with Crippen LogP contribution in [0.4, 0.5) is 0 Å². The van der Waals surface area contributed by atoms with Crippen molar-refractivity contribution in [2.75, 3.05) is 6.54 Å². The third-order valence-electron chi connectivity index (χ3n) is 7.89. The van der Waals surface area contributed by atoms with E-state index in [0.717, 1.165) is 38.5 Å². The van der Waals surface area contributed by atoms with Gasteiger partial charge in [0.05, 0.1) is 0 Å². The summed E-state index contributed by atoms with van der Waals surface area (Å²) in [4.78, 5) is 45.0. The molecule has 1 aromatic heterocycles. The highest BCUT2D eigenvalue weighted by molar-refractivity contribution is 6.35. The molecule has 2 amide bonds. The summed E-state index contributed by atoms with van der Waals surface area (Å²) >= 11 is 18.9. The molecule has 1 fully saturated rings. The Balaban J connectivity index is 1.80. The van der Waals surface area contributed by atoms with Gasteiger partial charge in [0.1, 0.15) is 11.7 Å². The van der Waals surface area contributed by atoms with E-state index in [2.05, 4.69) is 10.3 Å². The number of hydrogen-bond acceptors (Lipinski definition) is 3. The zero-order valence-electron chi connectivity index (χ0n) is 23.7. The van der Waals surface area contributed by atoms with Gasteiger partial charge in [0.2, 0.25) is 11.8 Å². The van der Waals surface area contributed by atoms with Crippen molar-refractivity contribution in [2.24, 2.45) is 0 Å². The first kappa shape index (κ1) is 32.2. The predicted molar refractivity (Wildman–Crippen MR) is 168 cm³/mol. The van der Waals surface area contributed by atoms with Crippen molar-refractivity contribution in [3.63, 3.8) is 0 Å². The molecule has 226 valence electrons. The Kier molecular flexibility index (Phi) is 12.0. The maximum atomic E-state index is 14.1. The lowest BCUT2D eigenvalue weighted by atomic mass is 9.98. The van der Waals surface area contributed by atoms with Gasteiger partial charge in [-0.2, -0.15) is 0 Å². The molecule has 2 aromatic carbocycles. The van der Waals surface area contributed by atoms with Crippen LogP contribution in [0.3, 0.4) is 0 Å². The molecule has 1 aliphatic heterocycles. The van der Waals surface area contributed by atoms with Crippen LogP contribution in [0, 0.1) is 0 Å². The van der Waals surface area contributed by atoms with Gasteiger partial charge in [-0.1, -0.05) is 105 Å². The third kappa shape index (κ3) is 8.42. The second kappa shape index (κ2) is 15.6. The number of nitrogens with zero attached hydrogens (tertiary/aromatic N) is 1. The number of amides is 2. The fourth-order valence-electron chi connectivity index (χ4n) is 5.67. The molecule has 1 saturated heterocycles. The minimum Gasteiger partial charge on any atom is -0.477 e. The minimum atomic E-state index is -1.23. The second-order valence-electron chi connectivity index (χ2n) is 11.0. The summed E-state index contributed by atoms with van der Waals surface area (Å²) in [5.41, 5.74) is 1.14. The molecule has 1 atom stereocenters. The number of carbonyl (C=O) groups excluding carboxylic acids is 2. The van der Waals surface area contributed by atoms with Crippen LogP contribution >= 0.6 is 34.8 Å². The smallest absolute Gasteiger partial charge is 0.352 e. The number of rotatable bonds is 4. The molecule has 3 N–H and O–H groups in total. The van der Waals surface area contributed by atoms with Crippen LogP contribution in [0.25, 0.3) is 10.9 Å². The van der Waals surface area contributed by atoms with E-state index in [-0.39, 0.29) is 30.1 Å². The van der Waals surface area contributed by atoms with Crippen molar-refractivity contribution in [1.29, 1.82) is 0 Å². The molecule has 0 bridgehead atoms. The maximum absolute atomic E-state index is 14.1. The first-order valence-electron chi connectivity index (χ1n) is 14.8. The number of aromatic amines is 1. The van der Waals surface area contributed by atoms with Gasteiger partial charge >= 0.3 is 5.97 Å². The van der Waals surface area contributed by atoms with Crippen molar-refractivity contribution in [2.45, 2.75) is 89.6 Å². The van der Waals surface area contributed by atoms with Crippen molar-refractivity contribution >= 4 is 63.5 Å². The van der Waals surface area contributed by atoms with E-state index in [1.54, 1.807) is 36.4 Å².